The van der Waals surface area contributed by atoms with Crippen molar-refractivity contribution in [1.29, 1.82) is 0 Å². The van der Waals surface area contributed by atoms with Gasteiger partial charge in [0.05, 0.1) is 12.6 Å². The quantitative estimate of drug-likeness (QED) is 0.720. The summed E-state index contributed by atoms with van der Waals surface area (Å²) >= 11 is 0. The van der Waals surface area contributed by atoms with Crippen LogP contribution in [0.5, 0.6) is 11.6 Å². The van der Waals surface area contributed by atoms with Crippen LogP contribution in [-0.4, -0.2) is 17.2 Å². The third kappa shape index (κ3) is 1.40. The fraction of sp³-hybridized carbons (Fsp3) is 0.100. The van der Waals surface area contributed by atoms with Crippen molar-refractivity contribution < 1.29 is 9.84 Å². The van der Waals surface area contributed by atoms with E-state index in [9.17, 15) is 5.11 Å². The number of fused-ring (bicyclic) bond motifs is 1. The lowest BCUT2D eigenvalue weighted by atomic mass is 10.2. The number of hydrogen-bond acceptors (Lipinski definition) is 3. The van der Waals surface area contributed by atoms with E-state index in [1.807, 2.05) is 6.07 Å². The second kappa shape index (κ2) is 2.94. The van der Waals surface area contributed by atoms with Crippen molar-refractivity contribution in [2.45, 2.75) is 0 Å². The van der Waals surface area contributed by atoms with E-state index < -0.39 is 0 Å². The smallest absolute Gasteiger partial charge is 0.213 e. The Bertz CT molecular complexity index is 440. The van der Waals surface area contributed by atoms with E-state index in [1.54, 1.807) is 31.4 Å². The molecule has 0 amide bonds. The summed E-state index contributed by atoms with van der Waals surface area (Å²) in [4.78, 5) is 4.20. The van der Waals surface area contributed by atoms with Crippen molar-refractivity contribution in [2.75, 3.05) is 7.11 Å². The van der Waals surface area contributed by atoms with Gasteiger partial charge in [-0.15, -0.1) is 0 Å². The van der Waals surface area contributed by atoms with Crippen LogP contribution in [0.15, 0.2) is 30.3 Å². The summed E-state index contributed by atoms with van der Waals surface area (Å²) in [7, 11) is 1.58. The minimum absolute atomic E-state index is 0.250. The molecule has 1 N–H and O–H groups in total. The van der Waals surface area contributed by atoms with Crippen LogP contribution >= 0.6 is 0 Å². The molecule has 0 aliphatic rings. The minimum atomic E-state index is 0.250. The number of nitrogens with zero attached hydrogens (tertiary/aromatic N) is 1. The van der Waals surface area contributed by atoms with Gasteiger partial charge in [0, 0.05) is 11.5 Å². The maximum absolute atomic E-state index is 9.20. The molecule has 0 unspecified atom stereocenters. The molecule has 0 bridgehead atoms. The predicted molar refractivity (Wildman–Crippen MR) is 50.0 cm³/mol. The van der Waals surface area contributed by atoms with Crippen LogP contribution in [0.2, 0.25) is 0 Å². The Kier molecular flexibility index (Phi) is 1.77. The van der Waals surface area contributed by atoms with Gasteiger partial charge in [0.25, 0.3) is 0 Å². The third-order valence-corrected chi connectivity index (χ3v) is 1.86. The number of phenols is 1. The number of hydrogen-bond donors (Lipinski definition) is 1. The van der Waals surface area contributed by atoms with Crippen LogP contribution in [0, 0.1) is 0 Å². The standard InChI is InChI=1S/C10H9NO2/c1-13-10-5-2-7-6-8(12)3-4-9(7)11-10/h2-6,12H,1H3. The number of pyridine rings is 1. The molecule has 0 atom stereocenters. The molecule has 0 fully saturated rings. The van der Waals surface area contributed by atoms with Crippen molar-refractivity contribution in [3.63, 3.8) is 0 Å². The summed E-state index contributed by atoms with van der Waals surface area (Å²) in [6, 6.07) is 8.66. The van der Waals surface area contributed by atoms with Crippen molar-refractivity contribution >= 4 is 10.9 Å². The van der Waals surface area contributed by atoms with Crippen molar-refractivity contribution in [1.82, 2.24) is 4.98 Å². The maximum Gasteiger partial charge on any atom is 0.213 e. The molecule has 0 saturated carbocycles. The molecule has 0 saturated heterocycles. The number of phenolic OH excluding ortho intramolecular Hbond substituents is 1. The molecule has 66 valence electrons. The molecular formula is C10H9NO2. The molecule has 1 aromatic heterocycles. The highest BCUT2D eigenvalue weighted by molar-refractivity contribution is 5.80. The normalized spacial score (nSPS) is 10.2. The minimum Gasteiger partial charge on any atom is -0.508 e. The Morgan fingerprint density at radius 3 is 2.85 bits per heavy atom. The molecule has 2 rings (SSSR count). The van der Waals surface area contributed by atoms with Gasteiger partial charge in [0.15, 0.2) is 0 Å². The number of aromatic nitrogens is 1. The van der Waals surface area contributed by atoms with E-state index >= 15 is 0 Å². The summed E-state index contributed by atoms with van der Waals surface area (Å²) in [5.41, 5.74) is 0.817. The van der Waals surface area contributed by atoms with Gasteiger partial charge in [-0.1, -0.05) is 0 Å². The van der Waals surface area contributed by atoms with E-state index in [0.717, 1.165) is 10.9 Å². The highest BCUT2D eigenvalue weighted by atomic mass is 16.5. The Morgan fingerprint density at radius 2 is 2.08 bits per heavy atom. The zero-order chi connectivity index (χ0) is 9.26. The van der Waals surface area contributed by atoms with Gasteiger partial charge in [0.1, 0.15) is 5.75 Å². The van der Waals surface area contributed by atoms with Crippen LogP contribution in [0.4, 0.5) is 0 Å². The first kappa shape index (κ1) is 7.86. The molecule has 0 radical (unpaired) electrons. The average Bonchev–Trinajstić information content (AvgIpc) is 2.17. The summed E-state index contributed by atoms with van der Waals surface area (Å²) < 4.78 is 4.98. The zero-order valence-corrected chi connectivity index (χ0v) is 7.19. The molecule has 3 heteroatoms. The number of methoxy groups -OCH3 is 1. The molecule has 3 nitrogen and oxygen atoms in total. The van der Waals surface area contributed by atoms with E-state index in [2.05, 4.69) is 4.98 Å². The summed E-state index contributed by atoms with van der Waals surface area (Å²) in [6.07, 6.45) is 0. The van der Waals surface area contributed by atoms with Gasteiger partial charge in [-0.25, -0.2) is 4.98 Å². The van der Waals surface area contributed by atoms with Crippen LogP contribution in [-0.2, 0) is 0 Å². The number of benzene rings is 1. The fourth-order valence-corrected chi connectivity index (χ4v) is 1.21. The predicted octanol–water partition coefficient (Wildman–Crippen LogP) is 1.95. The van der Waals surface area contributed by atoms with Gasteiger partial charge in [0.2, 0.25) is 5.88 Å². The third-order valence-electron chi connectivity index (χ3n) is 1.86. The van der Waals surface area contributed by atoms with Gasteiger partial charge in [-0.3, -0.25) is 0 Å². The Morgan fingerprint density at radius 1 is 1.23 bits per heavy atom. The molecule has 13 heavy (non-hydrogen) atoms. The van der Waals surface area contributed by atoms with Gasteiger partial charge < -0.3 is 9.84 Å². The Labute approximate surface area is 75.6 Å². The second-order valence-electron chi connectivity index (χ2n) is 2.73. The van der Waals surface area contributed by atoms with Crippen molar-refractivity contribution in [3.8, 4) is 11.6 Å². The van der Waals surface area contributed by atoms with Crippen LogP contribution in [0.25, 0.3) is 10.9 Å². The van der Waals surface area contributed by atoms with Gasteiger partial charge in [-0.2, -0.15) is 0 Å². The first-order valence-electron chi connectivity index (χ1n) is 3.93. The summed E-state index contributed by atoms with van der Waals surface area (Å²) in [6.45, 7) is 0. The summed E-state index contributed by atoms with van der Waals surface area (Å²) in [5.74, 6) is 0.831. The lowest BCUT2D eigenvalue weighted by Crippen LogP contribution is -1.86. The van der Waals surface area contributed by atoms with Gasteiger partial charge in [-0.05, 0) is 24.3 Å². The molecule has 1 heterocycles. The second-order valence-corrected chi connectivity index (χ2v) is 2.73. The SMILES string of the molecule is COc1ccc2cc(O)ccc2n1. The van der Waals surface area contributed by atoms with E-state index in [1.165, 1.54) is 0 Å². The first-order chi connectivity index (χ1) is 6.29. The van der Waals surface area contributed by atoms with Crippen molar-refractivity contribution in [2.24, 2.45) is 0 Å². The first-order valence-corrected chi connectivity index (χ1v) is 3.93. The van der Waals surface area contributed by atoms with Crippen LogP contribution in [0.3, 0.4) is 0 Å². The largest absolute Gasteiger partial charge is 0.508 e. The van der Waals surface area contributed by atoms with Gasteiger partial charge >= 0.3 is 0 Å². The molecule has 0 aliphatic heterocycles. The lowest BCUT2D eigenvalue weighted by molar-refractivity contribution is 0.399. The number of rotatable bonds is 1. The van der Waals surface area contributed by atoms with Crippen LogP contribution in [0.1, 0.15) is 0 Å². The fourth-order valence-electron chi connectivity index (χ4n) is 1.21. The van der Waals surface area contributed by atoms with Crippen molar-refractivity contribution in [3.05, 3.63) is 30.3 Å². The lowest BCUT2D eigenvalue weighted by Gasteiger charge is -2.01. The zero-order valence-electron chi connectivity index (χ0n) is 7.19. The maximum atomic E-state index is 9.20. The van der Waals surface area contributed by atoms with Crippen LogP contribution < -0.4 is 4.74 Å². The highest BCUT2D eigenvalue weighted by Gasteiger charge is 1.98. The Balaban J connectivity index is 2.66. The number of aromatic hydroxyl groups is 1. The topological polar surface area (TPSA) is 42.4 Å². The molecular weight excluding hydrogens is 166 g/mol. The number of ether oxygens (including phenoxy) is 1. The van der Waals surface area contributed by atoms with E-state index in [-0.39, 0.29) is 5.75 Å². The monoisotopic (exact) mass is 175 g/mol. The molecule has 1 aromatic carbocycles. The average molecular weight is 175 g/mol. The summed E-state index contributed by atoms with van der Waals surface area (Å²) in [5, 5.41) is 10.1. The van der Waals surface area contributed by atoms with E-state index in [0.29, 0.717) is 5.88 Å². The Hall–Kier alpha value is -1.77. The highest BCUT2D eigenvalue weighted by Crippen LogP contribution is 2.20. The van der Waals surface area contributed by atoms with E-state index in [4.69, 9.17) is 4.74 Å². The molecule has 0 aliphatic carbocycles. The molecule has 2 aromatic rings. The molecule has 0 spiro atoms.